The zero-order valence-electron chi connectivity index (χ0n) is 6.82. The summed E-state index contributed by atoms with van der Waals surface area (Å²) in [4.78, 5) is 12.8. The molecule has 0 aliphatic heterocycles. The Bertz CT molecular complexity index is 244. The molecule has 0 aliphatic carbocycles. The van der Waals surface area contributed by atoms with Gasteiger partial charge in [-0.05, 0) is 0 Å². The molecule has 0 radical (unpaired) electrons. The molecule has 1 rings (SSSR count). The summed E-state index contributed by atoms with van der Waals surface area (Å²) in [6.07, 6.45) is 1.38. The Kier molecular flexibility index (Phi) is 2.76. The first-order chi connectivity index (χ1) is 5.75. The lowest BCUT2D eigenvalue weighted by Gasteiger charge is -2.13. The molecule has 1 amide bonds. The van der Waals surface area contributed by atoms with Crippen molar-refractivity contribution >= 4 is 5.91 Å². The van der Waals surface area contributed by atoms with Crippen molar-refractivity contribution in [2.75, 3.05) is 20.1 Å². The molecule has 0 saturated carbocycles. The maximum Gasteiger partial charge on any atom is 0.275 e. The van der Waals surface area contributed by atoms with Gasteiger partial charge in [0, 0.05) is 20.1 Å². The van der Waals surface area contributed by atoms with Gasteiger partial charge in [0.2, 0.25) is 0 Å². The third-order valence-corrected chi connectivity index (χ3v) is 1.45. The van der Waals surface area contributed by atoms with Crippen molar-refractivity contribution in [3.8, 4) is 0 Å². The zero-order valence-corrected chi connectivity index (χ0v) is 6.82. The summed E-state index contributed by atoms with van der Waals surface area (Å²) in [5.41, 5.74) is 5.59. The molecule has 1 heterocycles. The highest BCUT2D eigenvalue weighted by Crippen LogP contribution is 1.94. The van der Waals surface area contributed by atoms with E-state index >= 15 is 0 Å². The molecule has 66 valence electrons. The highest BCUT2D eigenvalue weighted by atomic mass is 16.2. The number of amides is 1. The first-order valence-electron chi connectivity index (χ1n) is 3.57. The summed E-state index contributed by atoms with van der Waals surface area (Å²) < 4.78 is 0. The van der Waals surface area contributed by atoms with E-state index in [1.54, 1.807) is 7.05 Å². The van der Waals surface area contributed by atoms with Crippen molar-refractivity contribution < 1.29 is 4.79 Å². The van der Waals surface area contributed by atoms with Crippen LogP contribution in [-0.2, 0) is 0 Å². The molecule has 0 saturated heterocycles. The molecule has 0 bridgehead atoms. The van der Waals surface area contributed by atoms with E-state index in [2.05, 4.69) is 15.4 Å². The van der Waals surface area contributed by atoms with Gasteiger partial charge >= 0.3 is 0 Å². The number of rotatable bonds is 3. The predicted octanol–water partition coefficient (Wildman–Crippen LogP) is -1.16. The van der Waals surface area contributed by atoms with Crippen LogP contribution in [-0.4, -0.2) is 46.4 Å². The van der Waals surface area contributed by atoms with E-state index in [1.165, 1.54) is 11.1 Å². The molecule has 0 aromatic carbocycles. The number of H-pyrrole nitrogens is 1. The molecule has 0 aliphatic rings. The van der Waals surface area contributed by atoms with E-state index in [0.29, 0.717) is 18.8 Å². The average Bonchev–Trinajstić information content (AvgIpc) is 2.55. The molecule has 1 aromatic heterocycles. The minimum atomic E-state index is -0.172. The first-order valence-corrected chi connectivity index (χ1v) is 3.57. The lowest BCUT2D eigenvalue weighted by Crippen LogP contribution is -2.31. The standard InChI is InChI=1S/C6H11N5O/c1-11(3-2-7)6(12)5-4-8-10-9-5/h4H,2-3,7H2,1H3,(H,8,9,10). The number of aromatic nitrogens is 3. The van der Waals surface area contributed by atoms with E-state index in [1.807, 2.05) is 0 Å². The van der Waals surface area contributed by atoms with E-state index in [9.17, 15) is 4.79 Å². The Morgan fingerprint density at radius 1 is 1.83 bits per heavy atom. The van der Waals surface area contributed by atoms with Gasteiger partial charge in [0.05, 0.1) is 6.20 Å². The van der Waals surface area contributed by atoms with E-state index in [0.717, 1.165) is 0 Å². The van der Waals surface area contributed by atoms with E-state index in [-0.39, 0.29) is 5.91 Å². The lowest BCUT2D eigenvalue weighted by atomic mass is 10.4. The van der Waals surface area contributed by atoms with Crippen LogP contribution in [0.5, 0.6) is 0 Å². The van der Waals surface area contributed by atoms with Crippen molar-refractivity contribution in [3.05, 3.63) is 11.9 Å². The number of aromatic amines is 1. The van der Waals surface area contributed by atoms with Crippen molar-refractivity contribution in [2.24, 2.45) is 5.73 Å². The van der Waals surface area contributed by atoms with Crippen molar-refractivity contribution in [1.29, 1.82) is 0 Å². The number of nitrogens with two attached hydrogens (primary N) is 1. The lowest BCUT2D eigenvalue weighted by molar-refractivity contribution is 0.0793. The molecule has 6 nitrogen and oxygen atoms in total. The Balaban J connectivity index is 2.59. The summed E-state index contributed by atoms with van der Waals surface area (Å²) in [7, 11) is 1.67. The highest BCUT2D eigenvalue weighted by molar-refractivity contribution is 5.91. The minimum Gasteiger partial charge on any atom is -0.339 e. The third kappa shape index (κ3) is 1.79. The van der Waals surface area contributed by atoms with Gasteiger partial charge in [-0.1, -0.05) is 0 Å². The molecule has 0 unspecified atom stereocenters. The Hall–Kier alpha value is -1.43. The second-order valence-electron chi connectivity index (χ2n) is 2.37. The van der Waals surface area contributed by atoms with Gasteiger partial charge in [0.1, 0.15) is 0 Å². The van der Waals surface area contributed by atoms with E-state index in [4.69, 9.17) is 5.73 Å². The molecule has 0 atom stereocenters. The monoisotopic (exact) mass is 169 g/mol. The van der Waals surface area contributed by atoms with Crippen molar-refractivity contribution in [1.82, 2.24) is 20.3 Å². The van der Waals surface area contributed by atoms with Crippen LogP contribution in [0.2, 0.25) is 0 Å². The Labute approximate surface area is 69.7 Å². The first kappa shape index (κ1) is 8.66. The highest BCUT2D eigenvalue weighted by Gasteiger charge is 2.12. The molecule has 12 heavy (non-hydrogen) atoms. The second kappa shape index (κ2) is 3.82. The number of likely N-dealkylation sites (N-methyl/N-ethyl adjacent to an activating group) is 1. The molecular formula is C6H11N5O. The van der Waals surface area contributed by atoms with Crippen LogP contribution in [0.1, 0.15) is 10.5 Å². The fraction of sp³-hybridized carbons (Fsp3) is 0.500. The number of carbonyl (C=O) groups excluding carboxylic acids is 1. The maximum absolute atomic E-state index is 11.3. The largest absolute Gasteiger partial charge is 0.339 e. The Morgan fingerprint density at radius 2 is 2.58 bits per heavy atom. The maximum atomic E-state index is 11.3. The van der Waals surface area contributed by atoms with Crippen molar-refractivity contribution in [3.63, 3.8) is 0 Å². The van der Waals surface area contributed by atoms with Crippen LogP contribution in [0.15, 0.2) is 6.20 Å². The van der Waals surface area contributed by atoms with Crippen LogP contribution in [0.4, 0.5) is 0 Å². The predicted molar refractivity (Wildman–Crippen MR) is 42.4 cm³/mol. The number of nitrogens with one attached hydrogen (secondary N) is 1. The fourth-order valence-electron chi connectivity index (χ4n) is 0.795. The zero-order chi connectivity index (χ0) is 8.97. The number of nitrogens with zero attached hydrogens (tertiary/aromatic N) is 3. The van der Waals surface area contributed by atoms with Gasteiger partial charge in [-0.25, -0.2) is 0 Å². The Morgan fingerprint density at radius 3 is 3.08 bits per heavy atom. The summed E-state index contributed by atoms with van der Waals surface area (Å²) in [5.74, 6) is -0.172. The summed E-state index contributed by atoms with van der Waals surface area (Å²) >= 11 is 0. The normalized spacial score (nSPS) is 9.83. The molecule has 1 aromatic rings. The van der Waals surface area contributed by atoms with Crippen LogP contribution in [0.3, 0.4) is 0 Å². The number of carbonyl (C=O) groups is 1. The molecule has 0 spiro atoms. The molecule has 6 heteroatoms. The third-order valence-electron chi connectivity index (χ3n) is 1.45. The van der Waals surface area contributed by atoms with Gasteiger partial charge in [-0.3, -0.25) is 4.79 Å². The number of hydrogen-bond acceptors (Lipinski definition) is 4. The van der Waals surface area contributed by atoms with Gasteiger partial charge in [0.25, 0.3) is 5.91 Å². The summed E-state index contributed by atoms with van der Waals surface area (Å²) in [6.45, 7) is 0.964. The molecule has 0 fully saturated rings. The number of hydrogen-bond donors (Lipinski definition) is 2. The van der Waals surface area contributed by atoms with Gasteiger partial charge in [0.15, 0.2) is 5.69 Å². The smallest absolute Gasteiger partial charge is 0.275 e. The SMILES string of the molecule is CN(CCN)C(=O)c1cn[nH]n1. The van der Waals surface area contributed by atoms with Crippen LogP contribution >= 0.6 is 0 Å². The summed E-state index contributed by atoms with van der Waals surface area (Å²) in [6, 6.07) is 0. The van der Waals surface area contributed by atoms with Crippen molar-refractivity contribution in [2.45, 2.75) is 0 Å². The summed E-state index contributed by atoms with van der Waals surface area (Å²) in [5, 5.41) is 9.55. The van der Waals surface area contributed by atoms with Gasteiger partial charge in [-0.15, -0.1) is 0 Å². The van der Waals surface area contributed by atoms with Crippen LogP contribution in [0.25, 0.3) is 0 Å². The molecule has 3 N–H and O–H groups in total. The topological polar surface area (TPSA) is 87.9 Å². The quantitative estimate of drug-likeness (QED) is 0.597. The second-order valence-corrected chi connectivity index (χ2v) is 2.37. The van der Waals surface area contributed by atoms with Gasteiger partial charge in [-0.2, -0.15) is 15.4 Å². The van der Waals surface area contributed by atoms with Crippen LogP contribution < -0.4 is 5.73 Å². The van der Waals surface area contributed by atoms with Gasteiger partial charge < -0.3 is 10.6 Å². The molecular weight excluding hydrogens is 158 g/mol. The van der Waals surface area contributed by atoms with Crippen LogP contribution in [0, 0.1) is 0 Å². The average molecular weight is 169 g/mol. The minimum absolute atomic E-state index is 0.172. The van der Waals surface area contributed by atoms with E-state index < -0.39 is 0 Å². The fourth-order valence-corrected chi connectivity index (χ4v) is 0.795.